The zero-order valence-electron chi connectivity index (χ0n) is 27.2. The Hall–Kier alpha value is -0.120. The van der Waals surface area contributed by atoms with Gasteiger partial charge in [-0.2, -0.15) is 0 Å². The highest BCUT2D eigenvalue weighted by Gasteiger charge is 2.56. The van der Waals surface area contributed by atoms with Gasteiger partial charge in [0.2, 0.25) is 0 Å². The van der Waals surface area contributed by atoms with Crippen LogP contribution in [-0.2, 0) is 14.2 Å². The third-order valence-corrected chi connectivity index (χ3v) is 9.81. The average molecular weight is 551 g/mol. The molecule has 0 aromatic heterocycles. The van der Waals surface area contributed by atoms with Crippen molar-refractivity contribution in [3.63, 3.8) is 0 Å². The average Bonchev–Trinajstić information content (AvgIpc) is 2.90. The van der Waals surface area contributed by atoms with Gasteiger partial charge in [0.1, 0.15) is 0 Å². The van der Waals surface area contributed by atoms with Crippen molar-refractivity contribution in [2.45, 2.75) is 206 Å². The Balaban J connectivity index is 2.05. The predicted molar refractivity (Wildman–Crippen MR) is 168 cm³/mol. The zero-order chi connectivity index (χ0) is 28.1. The molecule has 0 aromatic rings. The van der Waals surface area contributed by atoms with E-state index in [1.807, 2.05) is 0 Å². The van der Waals surface area contributed by atoms with Crippen LogP contribution < -0.4 is 0 Å². The summed E-state index contributed by atoms with van der Waals surface area (Å²) >= 11 is 0. The fourth-order valence-electron chi connectivity index (χ4n) is 7.02. The first-order valence-electron chi connectivity index (χ1n) is 18.1. The van der Waals surface area contributed by atoms with Crippen LogP contribution in [-0.4, -0.2) is 24.8 Å². The van der Waals surface area contributed by atoms with Gasteiger partial charge in [0.15, 0.2) is 11.6 Å². The van der Waals surface area contributed by atoms with Crippen molar-refractivity contribution in [1.82, 2.24) is 0 Å². The largest absolute Gasteiger partial charge is 0.349 e. The van der Waals surface area contributed by atoms with Crippen molar-refractivity contribution in [3.8, 4) is 0 Å². The van der Waals surface area contributed by atoms with Gasteiger partial charge in [-0.25, -0.2) is 0 Å². The van der Waals surface area contributed by atoms with Gasteiger partial charge in [-0.3, -0.25) is 0 Å². The normalized spacial score (nSPS) is 24.3. The second-order valence-corrected chi connectivity index (χ2v) is 13.1. The van der Waals surface area contributed by atoms with E-state index >= 15 is 0 Å². The second kappa shape index (κ2) is 21.6. The Morgan fingerprint density at radius 1 is 0.436 bits per heavy atom. The van der Waals surface area contributed by atoms with Crippen molar-refractivity contribution in [2.75, 3.05) is 13.2 Å². The molecule has 2 saturated heterocycles. The molecule has 0 amide bonds. The topological polar surface area (TPSA) is 27.7 Å². The maximum atomic E-state index is 7.28. The summed E-state index contributed by atoms with van der Waals surface area (Å²) in [5.41, 5.74) is 0. The van der Waals surface area contributed by atoms with Crippen LogP contribution in [0.3, 0.4) is 0 Å². The van der Waals surface area contributed by atoms with Crippen molar-refractivity contribution < 1.29 is 14.2 Å². The number of ether oxygens (including phenoxy) is 3. The van der Waals surface area contributed by atoms with Gasteiger partial charge < -0.3 is 14.2 Å². The summed E-state index contributed by atoms with van der Waals surface area (Å²) in [7, 11) is 0. The van der Waals surface area contributed by atoms with Gasteiger partial charge in [-0.05, 0) is 25.7 Å². The van der Waals surface area contributed by atoms with Crippen LogP contribution in [0.25, 0.3) is 0 Å². The van der Waals surface area contributed by atoms with Crippen LogP contribution in [0, 0.1) is 11.8 Å². The Labute approximate surface area is 245 Å². The van der Waals surface area contributed by atoms with Gasteiger partial charge in [-0.1, -0.05) is 156 Å². The molecule has 0 spiro atoms. The SMILES string of the molecule is CCCCCCCCC(CCCCCC)C1(OC2(C(CCCCCC)CCCCCCCC)CCO2)CCO1. The predicted octanol–water partition coefficient (Wildman–Crippen LogP) is 11.9. The molecule has 0 aromatic carbocycles. The fourth-order valence-corrected chi connectivity index (χ4v) is 7.02. The molecule has 0 aliphatic carbocycles. The first-order chi connectivity index (χ1) is 19.2. The molecule has 2 aliphatic rings. The highest BCUT2D eigenvalue weighted by molar-refractivity contribution is 4.94. The third-order valence-electron chi connectivity index (χ3n) is 9.81. The summed E-state index contributed by atoms with van der Waals surface area (Å²) in [5, 5.41) is 0. The van der Waals surface area contributed by atoms with Crippen LogP contribution in [0.5, 0.6) is 0 Å². The molecule has 39 heavy (non-hydrogen) atoms. The number of rotatable bonds is 28. The molecule has 0 bridgehead atoms. The van der Waals surface area contributed by atoms with Crippen LogP contribution in [0.4, 0.5) is 0 Å². The molecule has 232 valence electrons. The minimum Gasteiger partial charge on any atom is -0.349 e. The number of hydrogen-bond donors (Lipinski definition) is 0. The highest BCUT2D eigenvalue weighted by atomic mass is 16.8. The van der Waals surface area contributed by atoms with E-state index in [1.165, 1.54) is 154 Å². The zero-order valence-corrected chi connectivity index (χ0v) is 27.2. The summed E-state index contributed by atoms with van der Waals surface area (Å²) in [6, 6.07) is 0. The Morgan fingerprint density at radius 3 is 0.949 bits per heavy atom. The summed E-state index contributed by atoms with van der Waals surface area (Å²) < 4.78 is 20.3. The summed E-state index contributed by atoms with van der Waals surface area (Å²) in [4.78, 5) is 0. The van der Waals surface area contributed by atoms with E-state index < -0.39 is 11.6 Å². The minimum absolute atomic E-state index is 0.390. The Morgan fingerprint density at radius 2 is 0.692 bits per heavy atom. The lowest BCUT2D eigenvalue weighted by atomic mass is 9.80. The molecule has 4 atom stereocenters. The molecule has 2 rings (SSSR count). The first kappa shape index (κ1) is 35.1. The molecule has 0 N–H and O–H groups in total. The third kappa shape index (κ3) is 12.7. The fraction of sp³-hybridized carbons (Fsp3) is 1.00. The summed E-state index contributed by atoms with van der Waals surface area (Å²) in [6.45, 7) is 11.0. The minimum atomic E-state index is -0.390. The van der Waals surface area contributed by atoms with E-state index in [9.17, 15) is 0 Å². The van der Waals surface area contributed by atoms with E-state index in [0.29, 0.717) is 11.8 Å². The van der Waals surface area contributed by atoms with Crippen LogP contribution >= 0.6 is 0 Å². The van der Waals surface area contributed by atoms with Crippen molar-refractivity contribution in [1.29, 1.82) is 0 Å². The van der Waals surface area contributed by atoms with E-state index in [2.05, 4.69) is 27.7 Å². The van der Waals surface area contributed by atoms with Crippen molar-refractivity contribution in [3.05, 3.63) is 0 Å². The van der Waals surface area contributed by atoms with Gasteiger partial charge >= 0.3 is 0 Å². The molecule has 3 nitrogen and oxygen atoms in total. The van der Waals surface area contributed by atoms with Gasteiger partial charge in [-0.15, -0.1) is 0 Å². The maximum Gasteiger partial charge on any atom is 0.176 e. The van der Waals surface area contributed by atoms with Crippen LogP contribution in [0.2, 0.25) is 0 Å². The van der Waals surface area contributed by atoms with Crippen LogP contribution in [0.1, 0.15) is 195 Å². The van der Waals surface area contributed by atoms with Crippen molar-refractivity contribution in [2.24, 2.45) is 11.8 Å². The molecular weight excluding hydrogens is 480 g/mol. The molecule has 0 radical (unpaired) electrons. The van der Waals surface area contributed by atoms with E-state index in [1.54, 1.807) is 0 Å². The summed E-state index contributed by atoms with van der Waals surface area (Å²) in [6.07, 6.45) is 34.1. The van der Waals surface area contributed by atoms with Gasteiger partial charge in [0.25, 0.3) is 0 Å². The smallest absolute Gasteiger partial charge is 0.176 e. The number of hydrogen-bond acceptors (Lipinski definition) is 3. The molecule has 3 heteroatoms. The second-order valence-electron chi connectivity index (χ2n) is 13.1. The number of unbranched alkanes of at least 4 members (excludes halogenated alkanes) is 16. The lowest BCUT2D eigenvalue weighted by molar-refractivity contribution is -0.457. The van der Waals surface area contributed by atoms with Gasteiger partial charge in [0, 0.05) is 24.7 Å². The molecule has 4 unspecified atom stereocenters. The van der Waals surface area contributed by atoms with E-state index in [4.69, 9.17) is 14.2 Å². The first-order valence-corrected chi connectivity index (χ1v) is 18.1. The molecule has 2 aliphatic heterocycles. The maximum absolute atomic E-state index is 7.28. The Bertz CT molecular complexity index is 506. The highest BCUT2D eigenvalue weighted by Crippen LogP contribution is 2.50. The van der Waals surface area contributed by atoms with E-state index in [0.717, 1.165) is 26.1 Å². The lowest BCUT2D eigenvalue weighted by Gasteiger charge is -2.57. The monoisotopic (exact) mass is 551 g/mol. The molecule has 0 saturated carbocycles. The molecular formula is C36H70O3. The van der Waals surface area contributed by atoms with E-state index in [-0.39, 0.29) is 0 Å². The standard InChI is InChI=1S/C36H70O3/c1-5-9-13-17-19-23-27-33(25-21-15-11-7-3)35(29-31-37-35)39-36(30-32-38-36)34(26-22-16-12-8-4)28-24-20-18-14-10-6-2/h33-34H,5-32H2,1-4H3. The molecule has 2 heterocycles. The van der Waals surface area contributed by atoms with Crippen molar-refractivity contribution >= 4 is 0 Å². The quantitative estimate of drug-likeness (QED) is 0.0906. The molecule has 2 fully saturated rings. The van der Waals surface area contributed by atoms with Gasteiger partial charge in [0.05, 0.1) is 13.2 Å². The lowest BCUT2D eigenvalue weighted by Crippen LogP contribution is -2.63. The Kier molecular flexibility index (Phi) is 19.4. The summed E-state index contributed by atoms with van der Waals surface area (Å²) in [5.74, 6) is 0.257. The van der Waals surface area contributed by atoms with Crippen LogP contribution in [0.15, 0.2) is 0 Å².